The summed E-state index contributed by atoms with van der Waals surface area (Å²) in [4.78, 5) is 2.17. The van der Waals surface area contributed by atoms with Gasteiger partial charge in [-0.3, -0.25) is 0 Å². The van der Waals surface area contributed by atoms with Crippen LogP contribution in [0.5, 0.6) is 0 Å². The van der Waals surface area contributed by atoms with Crippen molar-refractivity contribution >= 4 is 0 Å². The Labute approximate surface area is 102 Å². The summed E-state index contributed by atoms with van der Waals surface area (Å²) in [6, 6.07) is 6.35. The van der Waals surface area contributed by atoms with E-state index in [1.54, 1.807) is 0 Å². The lowest BCUT2D eigenvalue weighted by Gasteiger charge is -2.37. The van der Waals surface area contributed by atoms with Crippen LogP contribution in [0.15, 0.2) is 16.5 Å². The maximum Gasteiger partial charge on any atom is 0.116 e. The van der Waals surface area contributed by atoms with Crippen LogP contribution in [0.2, 0.25) is 0 Å². The highest BCUT2D eigenvalue weighted by Crippen LogP contribution is 2.27. The predicted molar refractivity (Wildman–Crippen MR) is 63.5 cm³/mol. The Kier molecular flexibility index (Phi) is 3.51. The van der Waals surface area contributed by atoms with E-state index in [2.05, 4.69) is 11.0 Å². The maximum atomic E-state index is 9.10. The average molecular weight is 234 g/mol. The highest BCUT2D eigenvalue weighted by molar-refractivity contribution is 5.07. The zero-order valence-corrected chi connectivity index (χ0v) is 10.4. The van der Waals surface area contributed by atoms with Gasteiger partial charge in [0.15, 0.2) is 0 Å². The molecule has 0 saturated carbocycles. The molecule has 0 bridgehead atoms. The van der Waals surface area contributed by atoms with Crippen LogP contribution in [0, 0.1) is 23.7 Å². The molecule has 1 saturated heterocycles. The molecular weight excluding hydrogens is 216 g/mol. The van der Waals surface area contributed by atoms with Gasteiger partial charge in [0.1, 0.15) is 16.9 Å². The Bertz CT molecular complexity index is 415. The fraction of sp³-hybridized carbons (Fsp3) is 0.615. The van der Waals surface area contributed by atoms with E-state index in [0.717, 1.165) is 31.0 Å². The topological polar surface area (TPSA) is 49.4 Å². The molecule has 4 heteroatoms. The normalized spacial score (nSPS) is 17.8. The molecule has 4 nitrogen and oxygen atoms in total. The van der Waals surface area contributed by atoms with Gasteiger partial charge in [-0.2, -0.15) is 5.26 Å². The lowest BCUT2D eigenvalue weighted by Crippen LogP contribution is -2.49. The Hall–Kier alpha value is -1.31. The minimum Gasteiger partial charge on any atom is -0.466 e. The van der Waals surface area contributed by atoms with Crippen LogP contribution in [0.25, 0.3) is 0 Å². The second-order valence-electron chi connectivity index (χ2n) is 4.89. The van der Waals surface area contributed by atoms with Crippen molar-refractivity contribution in [2.45, 2.75) is 13.3 Å². The third-order valence-corrected chi connectivity index (χ3v) is 3.10. The predicted octanol–water partition coefficient (Wildman–Crippen LogP) is 1.60. The molecule has 1 aliphatic heterocycles. The first-order valence-corrected chi connectivity index (χ1v) is 5.86. The minimum atomic E-state index is -0.284. The molecule has 92 valence electrons. The summed E-state index contributed by atoms with van der Waals surface area (Å²) in [5.41, 5.74) is -0.284. The van der Waals surface area contributed by atoms with Crippen molar-refractivity contribution in [3.8, 4) is 6.07 Å². The first kappa shape index (κ1) is 12.2. The standard InChI is InChI=1S/C13H18N2O2/c1-11-3-4-12(17-11)5-6-15(2)8-13(7-14)9-16-10-13/h3-4H,5-6,8-10H2,1-2H3. The molecule has 0 radical (unpaired) electrons. The van der Waals surface area contributed by atoms with Crippen LogP contribution in [-0.2, 0) is 11.2 Å². The number of aryl methyl sites for hydroxylation is 1. The van der Waals surface area contributed by atoms with Gasteiger partial charge in [0.25, 0.3) is 0 Å². The molecule has 0 aliphatic carbocycles. The fourth-order valence-corrected chi connectivity index (χ4v) is 2.06. The minimum absolute atomic E-state index is 0.284. The summed E-state index contributed by atoms with van der Waals surface area (Å²) in [6.07, 6.45) is 0.882. The fourth-order valence-electron chi connectivity index (χ4n) is 2.06. The SMILES string of the molecule is Cc1ccc(CCN(C)CC2(C#N)COC2)o1. The quantitative estimate of drug-likeness (QED) is 0.776. The smallest absolute Gasteiger partial charge is 0.116 e. The molecule has 1 aromatic rings. The van der Waals surface area contributed by atoms with Gasteiger partial charge in [-0.25, -0.2) is 0 Å². The van der Waals surface area contributed by atoms with Gasteiger partial charge in [0, 0.05) is 19.5 Å². The monoisotopic (exact) mass is 234 g/mol. The number of hydrogen-bond donors (Lipinski definition) is 0. The van der Waals surface area contributed by atoms with E-state index in [1.165, 1.54) is 0 Å². The molecular formula is C13H18N2O2. The van der Waals surface area contributed by atoms with Crippen LogP contribution >= 0.6 is 0 Å². The van der Waals surface area contributed by atoms with Crippen LogP contribution in [0.1, 0.15) is 11.5 Å². The first-order valence-electron chi connectivity index (χ1n) is 5.86. The van der Waals surface area contributed by atoms with Crippen molar-refractivity contribution in [1.29, 1.82) is 5.26 Å². The molecule has 0 atom stereocenters. The van der Waals surface area contributed by atoms with Crippen LogP contribution in [0.4, 0.5) is 0 Å². The van der Waals surface area contributed by atoms with Crippen LogP contribution in [0.3, 0.4) is 0 Å². The molecule has 0 amide bonds. The Morgan fingerprint density at radius 3 is 2.71 bits per heavy atom. The van der Waals surface area contributed by atoms with Crippen molar-refractivity contribution < 1.29 is 9.15 Å². The molecule has 1 aliphatic rings. The molecule has 17 heavy (non-hydrogen) atoms. The summed E-state index contributed by atoms with van der Waals surface area (Å²) in [6.45, 7) is 4.74. The molecule has 0 N–H and O–H groups in total. The van der Waals surface area contributed by atoms with Gasteiger partial charge >= 0.3 is 0 Å². The van der Waals surface area contributed by atoms with E-state index in [4.69, 9.17) is 14.4 Å². The lowest BCUT2D eigenvalue weighted by atomic mass is 9.87. The highest BCUT2D eigenvalue weighted by Gasteiger charge is 2.39. The van der Waals surface area contributed by atoms with Gasteiger partial charge in [0.05, 0.1) is 19.3 Å². The summed E-state index contributed by atoms with van der Waals surface area (Å²) in [5.74, 6) is 1.95. The van der Waals surface area contributed by atoms with Crippen molar-refractivity contribution in [1.82, 2.24) is 4.90 Å². The molecule has 1 fully saturated rings. The summed E-state index contributed by atoms with van der Waals surface area (Å²) >= 11 is 0. The zero-order valence-electron chi connectivity index (χ0n) is 10.4. The average Bonchev–Trinajstić information content (AvgIpc) is 2.67. The van der Waals surface area contributed by atoms with E-state index >= 15 is 0 Å². The molecule has 0 unspecified atom stereocenters. The van der Waals surface area contributed by atoms with E-state index in [9.17, 15) is 0 Å². The Balaban J connectivity index is 1.78. The lowest BCUT2D eigenvalue weighted by molar-refractivity contribution is -0.0887. The molecule has 0 spiro atoms. The van der Waals surface area contributed by atoms with E-state index in [1.807, 2.05) is 26.1 Å². The van der Waals surface area contributed by atoms with E-state index in [0.29, 0.717) is 13.2 Å². The number of likely N-dealkylation sites (N-methyl/N-ethyl adjacent to an activating group) is 1. The number of nitrogens with zero attached hydrogens (tertiary/aromatic N) is 2. The largest absolute Gasteiger partial charge is 0.466 e. The van der Waals surface area contributed by atoms with Gasteiger partial charge in [-0.15, -0.1) is 0 Å². The molecule has 1 aromatic heterocycles. The summed E-state index contributed by atoms with van der Waals surface area (Å²) in [5, 5.41) is 9.10. The van der Waals surface area contributed by atoms with Gasteiger partial charge in [-0.05, 0) is 26.1 Å². The van der Waals surface area contributed by atoms with Crippen LogP contribution in [-0.4, -0.2) is 38.3 Å². The Morgan fingerprint density at radius 2 is 2.24 bits per heavy atom. The second kappa shape index (κ2) is 4.91. The second-order valence-corrected chi connectivity index (χ2v) is 4.89. The third-order valence-electron chi connectivity index (χ3n) is 3.10. The molecule has 2 rings (SSSR count). The highest BCUT2D eigenvalue weighted by atomic mass is 16.5. The van der Waals surface area contributed by atoms with Gasteiger partial charge in [-0.1, -0.05) is 0 Å². The van der Waals surface area contributed by atoms with Crippen molar-refractivity contribution in [3.05, 3.63) is 23.7 Å². The van der Waals surface area contributed by atoms with Gasteiger partial charge in [0.2, 0.25) is 0 Å². The summed E-state index contributed by atoms with van der Waals surface area (Å²) in [7, 11) is 2.03. The van der Waals surface area contributed by atoms with E-state index in [-0.39, 0.29) is 5.41 Å². The number of furan rings is 1. The zero-order chi connectivity index (χ0) is 12.3. The van der Waals surface area contributed by atoms with E-state index < -0.39 is 0 Å². The van der Waals surface area contributed by atoms with Gasteiger partial charge < -0.3 is 14.1 Å². The van der Waals surface area contributed by atoms with Crippen molar-refractivity contribution in [3.63, 3.8) is 0 Å². The summed E-state index contributed by atoms with van der Waals surface area (Å²) < 4.78 is 10.6. The number of ether oxygens (including phenoxy) is 1. The molecule has 2 heterocycles. The van der Waals surface area contributed by atoms with Crippen molar-refractivity contribution in [2.24, 2.45) is 5.41 Å². The number of hydrogen-bond acceptors (Lipinski definition) is 4. The molecule has 0 aromatic carbocycles. The van der Waals surface area contributed by atoms with Crippen LogP contribution < -0.4 is 0 Å². The number of rotatable bonds is 5. The first-order chi connectivity index (χ1) is 8.13. The van der Waals surface area contributed by atoms with Crippen molar-refractivity contribution in [2.75, 3.05) is 33.4 Å². The number of nitriles is 1. The third kappa shape index (κ3) is 2.87. The Morgan fingerprint density at radius 1 is 1.47 bits per heavy atom. The maximum absolute atomic E-state index is 9.10.